The van der Waals surface area contributed by atoms with Gasteiger partial charge in [0.25, 0.3) is 0 Å². The molecule has 156 valence electrons. The summed E-state index contributed by atoms with van der Waals surface area (Å²) in [5, 5.41) is 58.0. The minimum Gasteiger partial charge on any atom is -0.387 e. The zero-order valence-electron chi connectivity index (χ0n) is 14.7. The van der Waals surface area contributed by atoms with Crippen molar-refractivity contribution in [2.75, 3.05) is 6.61 Å². The van der Waals surface area contributed by atoms with E-state index < -0.39 is 56.8 Å². The summed E-state index contributed by atoms with van der Waals surface area (Å²) in [5.41, 5.74) is 0. The van der Waals surface area contributed by atoms with Crippen molar-refractivity contribution in [3.8, 4) is 0 Å². The molecule has 1 aliphatic carbocycles. The average molecular weight is 404 g/mol. The lowest BCUT2D eigenvalue weighted by molar-refractivity contribution is -0.222. The summed E-state index contributed by atoms with van der Waals surface area (Å²) in [6, 6.07) is 0. The first-order valence-electron chi connectivity index (χ1n) is 8.41. The molecule has 7 N–H and O–H groups in total. The number of rotatable bonds is 10. The van der Waals surface area contributed by atoms with Crippen LogP contribution >= 0.6 is 7.82 Å². The summed E-state index contributed by atoms with van der Waals surface area (Å²) < 4.78 is 26.4. The number of unbranched alkanes of at least 4 members (excludes halogenated alkanes) is 2. The van der Waals surface area contributed by atoms with Gasteiger partial charge in [-0.05, 0) is 13.3 Å². The van der Waals surface area contributed by atoms with Gasteiger partial charge in [-0.25, -0.2) is 4.57 Å². The SMILES string of the molecule is CCCCCOC(C)C(O)OP(=O)(O)OC1C(O)C(O)C(O)C(O)C1O. The van der Waals surface area contributed by atoms with Crippen molar-refractivity contribution in [2.45, 2.75) is 82.1 Å². The van der Waals surface area contributed by atoms with Crippen LogP contribution in [0.3, 0.4) is 0 Å². The van der Waals surface area contributed by atoms with Crippen molar-refractivity contribution in [1.29, 1.82) is 0 Å². The molecule has 0 spiro atoms. The second kappa shape index (κ2) is 10.4. The summed E-state index contributed by atoms with van der Waals surface area (Å²) in [6.07, 6.45) is -11.8. The Hall–Kier alpha value is -0.170. The van der Waals surface area contributed by atoms with E-state index in [1.807, 2.05) is 6.92 Å². The highest BCUT2D eigenvalue weighted by atomic mass is 31.2. The number of ether oxygens (including phenoxy) is 1. The van der Waals surface area contributed by atoms with Gasteiger partial charge >= 0.3 is 7.82 Å². The highest BCUT2D eigenvalue weighted by Gasteiger charge is 2.51. The quantitative estimate of drug-likeness (QED) is 0.124. The van der Waals surface area contributed by atoms with E-state index in [4.69, 9.17) is 4.74 Å². The topological polar surface area (TPSA) is 186 Å². The molecule has 0 aromatic carbocycles. The lowest BCUT2D eigenvalue weighted by Crippen LogP contribution is -2.64. The van der Waals surface area contributed by atoms with Crippen LogP contribution in [0, 0.1) is 0 Å². The van der Waals surface area contributed by atoms with Gasteiger partial charge in [-0.3, -0.25) is 9.05 Å². The highest BCUT2D eigenvalue weighted by Crippen LogP contribution is 2.48. The maximum absolute atomic E-state index is 12.0. The first-order valence-corrected chi connectivity index (χ1v) is 9.91. The van der Waals surface area contributed by atoms with Crippen LogP contribution in [-0.4, -0.2) is 91.2 Å². The summed E-state index contributed by atoms with van der Waals surface area (Å²) in [5.74, 6) is 0. The smallest absolute Gasteiger partial charge is 0.387 e. The first-order chi connectivity index (χ1) is 12.0. The van der Waals surface area contributed by atoms with Crippen LogP contribution in [0.2, 0.25) is 0 Å². The molecule has 0 radical (unpaired) electrons. The van der Waals surface area contributed by atoms with Crippen molar-refractivity contribution in [2.24, 2.45) is 0 Å². The minimum absolute atomic E-state index is 0.308. The van der Waals surface area contributed by atoms with Gasteiger partial charge in [0.05, 0.1) is 0 Å². The van der Waals surface area contributed by atoms with E-state index in [0.717, 1.165) is 19.3 Å². The van der Waals surface area contributed by atoms with Crippen molar-refractivity contribution in [1.82, 2.24) is 0 Å². The van der Waals surface area contributed by atoms with Crippen molar-refractivity contribution >= 4 is 7.82 Å². The van der Waals surface area contributed by atoms with E-state index in [2.05, 4.69) is 9.05 Å². The molecule has 0 aromatic rings. The maximum Gasteiger partial charge on any atom is 0.475 e. The molecule has 0 bridgehead atoms. The number of phosphoric ester groups is 1. The van der Waals surface area contributed by atoms with Crippen LogP contribution in [0.4, 0.5) is 0 Å². The monoisotopic (exact) mass is 404 g/mol. The van der Waals surface area contributed by atoms with Crippen molar-refractivity contribution in [3.63, 3.8) is 0 Å². The molecule has 7 unspecified atom stereocenters. The summed E-state index contributed by atoms with van der Waals surface area (Å²) in [7, 11) is -5.02. The van der Waals surface area contributed by atoms with E-state index in [9.17, 15) is 40.1 Å². The molecule has 26 heavy (non-hydrogen) atoms. The Bertz CT molecular complexity index is 448. The Morgan fingerprint density at radius 3 is 1.96 bits per heavy atom. The standard InChI is InChI=1S/C14H29O11P/c1-3-4-5-6-23-7(2)14(20)25-26(21,22)24-13-11(18)9(16)8(15)10(17)12(13)19/h7-20H,3-6H2,1-2H3,(H,21,22). The Balaban J connectivity index is 2.62. The van der Waals surface area contributed by atoms with Gasteiger partial charge in [0.2, 0.25) is 0 Å². The van der Waals surface area contributed by atoms with Crippen LogP contribution in [0.5, 0.6) is 0 Å². The maximum atomic E-state index is 12.0. The molecule has 0 aromatic heterocycles. The number of phosphoric acid groups is 1. The van der Waals surface area contributed by atoms with Crippen LogP contribution < -0.4 is 0 Å². The van der Waals surface area contributed by atoms with Gasteiger partial charge in [0, 0.05) is 6.61 Å². The molecule has 0 saturated heterocycles. The van der Waals surface area contributed by atoms with E-state index in [-0.39, 0.29) is 0 Å². The normalized spacial score (nSPS) is 37.1. The number of aliphatic hydroxyl groups excluding tert-OH is 6. The molecule has 11 nitrogen and oxygen atoms in total. The second-order valence-corrected chi connectivity index (χ2v) is 7.63. The fourth-order valence-electron chi connectivity index (χ4n) is 2.43. The minimum atomic E-state index is -5.02. The zero-order chi connectivity index (χ0) is 20.1. The number of aliphatic hydroxyl groups is 6. The van der Waals surface area contributed by atoms with E-state index in [1.165, 1.54) is 6.92 Å². The van der Waals surface area contributed by atoms with Gasteiger partial charge in [-0.2, -0.15) is 0 Å². The molecule has 0 aliphatic heterocycles. The average Bonchev–Trinajstić information content (AvgIpc) is 2.58. The molecule has 1 rings (SSSR count). The Labute approximate surface area is 151 Å². The van der Waals surface area contributed by atoms with Gasteiger partial charge in [-0.15, -0.1) is 0 Å². The highest BCUT2D eigenvalue weighted by molar-refractivity contribution is 7.47. The molecule has 12 heteroatoms. The molecular formula is C14H29O11P. The lowest BCUT2D eigenvalue weighted by atomic mass is 9.85. The lowest BCUT2D eigenvalue weighted by Gasteiger charge is -2.41. The van der Waals surface area contributed by atoms with Crippen LogP contribution in [0.1, 0.15) is 33.1 Å². The van der Waals surface area contributed by atoms with E-state index in [1.54, 1.807) is 0 Å². The number of hydrogen-bond acceptors (Lipinski definition) is 10. The molecule has 0 amide bonds. The molecular weight excluding hydrogens is 375 g/mol. The van der Waals surface area contributed by atoms with E-state index >= 15 is 0 Å². The molecule has 7 atom stereocenters. The van der Waals surface area contributed by atoms with Crippen molar-refractivity contribution in [3.05, 3.63) is 0 Å². The van der Waals surface area contributed by atoms with Gasteiger partial charge in [-0.1, -0.05) is 19.8 Å². The largest absolute Gasteiger partial charge is 0.475 e. The van der Waals surface area contributed by atoms with Gasteiger partial charge in [0.15, 0.2) is 6.29 Å². The predicted molar refractivity (Wildman–Crippen MR) is 86.8 cm³/mol. The zero-order valence-corrected chi connectivity index (χ0v) is 15.6. The second-order valence-electron chi connectivity index (χ2n) is 6.27. The fourth-order valence-corrected chi connectivity index (χ4v) is 3.48. The van der Waals surface area contributed by atoms with Crippen LogP contribution in [0.25, 0.3) is 0 Å². The van der Waals surface area contributed by atoms with Gasteiger partial charge < -0.3 is 40.3 Å². The molecule has 1 saturated carbocycles. The van der Waals surface area contributed by atoms with Crippen LogP contribution in [0.15, 0.2) is 0 Å². The molecule has 1 aliphatic rings. The summed E-state index contributed by atoms with van der Waals surface area (Å²) in [6.45, 7) is 3.72. The third-order valence-electron chi connectivity index (χ3n) is 4.10. The van der Waals surface area contributed by atoms with Crippen LogP contribution in [-0.2, 0) is 18.3 Å². The molecule has 0 heterocycles. The van der Waals surface area contributed by atoms with E-state index in [0.29, 0.717) is 6.61 Å². The van der Waals surface area contributed by atoms with Gasteiger partial charge in [0.1, 0.15) is 42.7 Å². The Morgan fingerprint density at radius 2 is 1.46 bits per heavy atom. The predicted octanol–water partition coefficient (Wildman–Crippen LogP) is -1.78. The molecule has 1 fully saturated rings. The Morgan fingerprint density at radius 1 is 0.962 bits per heavy atom. The summed E-state index contributed by atoms with van der Waals surface area (Å²) >= 11 is 0. The number of hydrogen-bond donors (Lipinski definition) is 7. The fraction of sp³-hybridized carbons (Fsp3) is 1.00. The third-order valence-corrected chi connectivity index (χ3v) is 5.09. The Kier molecular flexibility index (Phi) is 9.54. The van der Waals surface area contributed by atoms with Crippen molar-refractivity contribution < 1.29 is 53.9 Å². The first kappa shape index (κ1) is 23.9. The summed E-state index contributed by atoms with van der Waals surface area (Å²) in [4.78, 5) is 9.72. The third kappa shape index (κ3) is 6.47.